The molecule has 0 aromatic carbocycles. The highest BCUT2D eigenvalue weighted by molar-refractivity contribution is 9.10. The molecule has 16 heavy (non-hydrogen) atoms. The van der Waals surface area contributed by atoms with E-state index in [1.165, 1.54) is 6.26 Å². The molecule has 0 atom stereocenters. The molecule has 1 rings (SSSR count). The molecule has 4 nitrogen and oxygen atoms in total. The summed E-state index contributed by atoms with van der Waals surface area (Å²) < 4.78 is 6.08. The largest absolute Gasteiger partial charge is 1.00 e. The van der Waals surface area contributed by atoms with Gasteiger partial charge in [-0.15, -0.1) is 0 Å². The van der Waals surface area contributed by atoms with Crippen molar-refractivity contribution in [1.82, 2.24) is 0 Å². The van der Waals surface area contributed by atoms with Crippen molar-refractivity contribution in [3.05, 3.63) is 22.6 Å². The summed E-state index contributed by atoms with van der Waals surface area (Å²) in [5, 5.41) is 8.68. The van der Waals surface area contributed by atoms with Gasteiger partial charge in [-0.2, -0.15) is 0 Å². The SMILES string of the molecule is C[N+](C)(CCO)SC(=O)c1occc1Br.[I-]. The normalized spacial score (nSPS) is 11.0. The number of nitrogens with zero attached hydrogens (tertiary/aromatic N) is 1. The number of hydrogen-bond donors (Lipinski definition) is 1. The summed E-state index contributed by atoms with van der Waals surface area (Å²) in [6.07, 6.45) is 1.46. The standard InChI is InChI=1S/C9H13BrNO3S.HI/c1-11(2,4-5-12)15-9(13)8-7(10)3-6-14-8;/h3,6,12H,4-5H2,1-2H3;1H/q+1;/p-1. The molecule has 92 valence electrons. The van der Waals surface area contributed by atoms with Crippen molar-refractivity contribution in [1.29, 1.82) is 0 Å². The molecule has 1 heterocycles. The highest BCUT2D eigenvalue weighted by Crippen LogP contribution is 2.26. The fraction of sp³-hybridized carbons (Fsp3) is 0.444. The number of aliphatic hydroxyl groups excluding tert-OH is 1. The lowest BCUT2D eigenvalue weighted by Crippen LogP contribution is -3.00. The van der Waals surface area contributed by atoms with Gasteiger partial charge in [0.15, 0.2) is 17.7 Å². The number of halogens is 2. The van der Waals surface area contributed by atoms with E-state index >= 15 is 0 Å². The first-order valence-corrected chi connectivity index (χ1v) is 5.93. The van der Waals surface area contributed by atoms with Crippen molar-refractivity contribution >= 4 is 33.0 Å². The maximum absolute atomic E-state index is 11.8. The van der Waals surface area contributed by atoms with Crippen LogP contribution in [0.5, 0.6) is 0 Å². The second-order valence-corrected chi connectivity index (χ2v) is 5.89. The van der Waals surface area contributed by atoms with E-state index in [0.29, 0.717) is 20.7 Å². The molecule has 1 N–H and O–H groups in total. The second kappa shape index (κ2) is 7.00. The molecular weight excluding hydrogens is 409 g/mol. The summed E-state index contributed by atoms with van der Waals surface area (Å²) in [4.78, 5) is 11.8. The Bertz CT molecular complexity index is 356. The lowest BCUT2D eigenvalue weighted by atomic mass is 10.5. The third-order valence-corrected chi connectivity index (χ3v) is 3.42. The Morgan fingerprint density at radius 3 is 2.69 bits per heavy atom. The van der Waals surface area contributed by atoms with Crippen LogP contribution >= 0.6 is 27.9 Å². The molecule has 0 amide bonds. The number of carbonyl (C=O) groups is 1. The predicted octanol–water partition coefficient (Wildman–Crippen LogP) is -1.10. The molecule has 0 radical (unpaired) electrons. The third-order valence-electron chi connectivity index (χ3n) is 1.77. The van der Waals surface area contributed by atoms with Crippen LogP contribution in [-0.2, 0) is 0 Å². The van der Waals surface area contributed by atoms with Crippen molar-refractivity contribution < 1.29 is 42.2 Å². The van der Waals surface area contributed by atoms with E-state index in [2.05, 4.69) is 15.9 Å². The van der Waals surface area contributed by atoms with E-state index in [1.807, 2.05) is 14.1 Å². The minimum absolute atomic E-state index is 0. The quantitative estimate of drug-likeness (QED) is 0.381. The number of quaternary nitrogens is 1. The van der Waals surface area contributed by atoms with Gasteiger partial charge in [0, 0.05) is 0 Å². The molecule has 0 unspecified atom stereocenters. The van der Waals surface area contributed by atoms with Crippen LogP contribution in [0.3, 0.4) is 0 Å². The fourth-order valence-electron chi connectivity index (χ4n) is 0.992. The molecule has 0 aliphatic carbocycles. The van der Waals surface area contributed by atoms with E-state index in [0.717, 1.165) is 11.9 Å². The van der Waals surface area contributed by atoms with Crippen molar-refractivity contribution in [2.75, 3.05) is 27.2 Å². The van der Waals surface area contributed by atoms with E-state index in [9.17, 15) is 4.79 Å². The zero-order chi connectivity index (χ0) is 11.5. The van der Waals surface area contributed by atoms with Crippen molar-refractivity contribution in [3.8, 4) is 0 Å². The number of hydrogen-bond acceptors (Lipinski definition) is 4. The van der Waals surface area contributed by atoms with Crippen LogP contribution < -0.4 is 24.0 Å². The first-order chi connectivity index (χ1) is 6.96. The lowest BCUT2D eigenvalue weighted by molar-refractivity contribution is -0.750. The summed E-state index contributed by atoms with van der Waals surface area (Å²) in [6, 6.07) is 1.68. The average molecular weight is 422 g/mol. The van der Waals surface area contributed by atoms with Crippen molar-refractivity contribution in [3.63, 3.8) is 0 Å². The summed E-state index contributed by atoms with van der Waals surface area (Å²) in [6.45, 7) is 0.557. The van der Waals surface area contributed by atoms with Crippen LogP contribution in [0.1, 0.15) is 10.6 Å². The number of carbonyl (C=O) groups excluding carboxylic acids is 1. The van der Waals surface area contributed by atoms with E-state index < -0.39 is 0 Å². The Morgan fingerprint density at radius 2 is 2.25 bits per heavy atom. The molecule has 0 saturated carbocycles. The number of rotatable bonds is 4. The zero-order valence-electron chi connectivity index (χ0n) is 8.94. The molecule has 1 aromatic heterocycles. The minimum atomic E-state index is -0.148. The maximum Gasteiger partial charge on any atom is 0.312 e. The summed E-state index contributed by atoms with van der Waals surface area (Å²) in [7, 11) is 3.71. The van der Waals surface area contributed by atoms with Crippen LogP contribution in [0, 0.1) is 0 Å². The summed E-state index contributed by atoms with van der Waals surface area (Å²) >= 11 is 4.34. The molecule has 0 spiro atoms. The predicted molar refractivity (Wildman–Crippen MR) is 62.4 cm³/mol. The zero-order valence-corrected chi connectivity index (χ0v) is 13.5. The molecule has 0 saturated heterocycles. The molecule has 7 heteroatoms. The van der Waals surface area contributed by atoms with Gasteiger partial charge in [-0.1, -0.05) is 0 Å². The summed E-state index contributed by atoms with van der Waals surface area (Å²) in [5.74, 6) is 0.309. The highest BCUT2D eigenvalue weighted by Gasteiger charge is 2.26. The number of likely N-dealkylation sites (N-methyl/N-ethyl adjacent to an activating group) is 1. The Labute approximate surface area is 124 Å². The van der Waals surface area contributed by atoms with E-state index in [4.69, 9.17) is 9.52 Å². The van der Waals surface area contributed by atoms with Crippen LogP contribution in [0.25, 0.3) is 0 Å². The summed E-state index contributed by atoms with van der Waals surface area (Å²) in [5.41, 5.74) is 0. The van der Waals surface area contributed by atoms with E-state index in [1.54, 1.807) is 6.07 Å². The average Bonchev–Trinajstić information content (AvgIpc) is 2.50. The van der Waals surface area contributed by atoms with Crippen LogP contribution in [-0.4, -0.2) is 41.4 Å². The van der Waals surface area contributed by atoms with Gasteiger partial charge in [-0.25, -0.2) is 0 Å². The lowest BCUT2D eigenvalue weighted by Gasteiger charge is -2.23. The first-order valence-electron chi connectivity index (χ1n) is 4.37. The highest BCUT2D eigenvalue weighted by atomic mass is 127. The van der Waals surface area contributed by atoms with Gasteiger partial charge in [-0.05, 0) is 22.0 Å². The Balaban J connectivity index is 0.00000225. The topological polar surface area (TPSA) is 50.4 Å². The second-order valence-electron chi connectivity index (χ2n) is 3.50. The Morgan fingerprint density at radius 1 is 1.62 bits per heavy atom. The molecule has 0 aliphatic heterocycles. The van der Waals surface area contributed by atoms with Gasteiger partial charge in [0.25, 0.3) is 0 Å². The fourth-order valence-corrected chi connectivity index (χ4v) is 2.37. The van der Waals surface area contributed by atoms with Gasteiger partial charge in [0.2, 0.25) is 0 Å². The van der Waals surface area contributed by atoms with Gasteiger partial charge < -0.3 is 33.5 Å². The number of aliphatic hydroxyl groups is 1. The maximum atomic E-state index is 11.8. The molecule has 0 fully saturated rings. The third kappa shape index (κ3) is 4.74. The van der Waals surface area contributed by atoms with Crippen LogP contribution in [0.15, 0.2) is 21.2 Å². The molecular formula is C9H13BrINO3S. The monoisotopic (exact) mass is 421 g/mol. The van der Waals surface area contributed by atoms with Crippen LogP contribution in [0.2, 0.25) is 0 Å². The van der Waals surface area contributed by atoms with Gasteiger partial charge in [0.1, 0.15) is 6.54 Å². The first kappa shape index (κ1) is 16.4. The van der Waals surface area contributed by atoms with Crippen LogP contribution in [0.4, 0.5) is 0 Å². The van der Waals surface area contributed by atoms with E-state index in [-0.39, 0.29) is 35.7 Å². The Kier molecular flexibility index (Phi) is 7.18. The number of furan rings is 1. The Hall–Kier alpha value is 0.430. The molecule has 0 bridgehead atoms. The smallest absolute Gasteiger partial charge is 0.312 e. The van der Waals surface area contributed by atoms with Crippen molar-refractivity contribution in [2.24, 2.45) is 0 Å². The van der Waals surface area contributed by atoms with Gasteiger partial charge >= 0.3 is 5.12 Å². The minimum Gasteiger partial charge on any atom is -1.00 e. The molecule has 0 aliphatic rings. The van der Waals surface area contributed by atoms with Gasteiger partial charge in [0.05, 0.1) is 31.4 Å². The van der Waals surface area contributed by atoms with Crippen molar-refractivity contribution in [2.45, 2.75) is 0 Å². The van der Waals surface area contributed by atoms with Gasteiger partial charge in [-0.3, -0.25) is 8.68 Å². The molecule has 1 aromatic rings.